The van der Waals surface area contributed by atoms with Gasteiger partial charge in [0, 0.05) is 37.5 Å². The average Bonchev–Trinajstić information content (AvgIpc) is 3.78. The van der Waals surface area contributed by atoms with E-state index in [0.29, 0.717) is 50.9 Å². The average molecular weight is 835 g/mol. The minimum absolute atomic E-state index is 0.0112. The van der Waals surface area contributed by atoms with E-state index in [1.54, 1.807) is 19.2 Å². The van der Waals surface area contributed by atoms with Gasteiger partial charge < -0.3 is 39.8 Å². The highest BCUT2D eigenvalue weighted by atomic mass is 28.3. The van der Waals surface area contributed by atoms with E-state index in [-0.39, 0.29) is 47.7 Å². The van der Waals surface area contributed by atoms with Crippen molar-refractivity contribution in [3.8, 4) is 0 Å². The van der Waals surface area contributed by atoms with Crippen molar-refractivity contribution < 1.29 is 44.6 Å². The molecule has 2 saturated carbocycles. The maximum Gasteiger partial charge on any atom is 0.303 e. The molecule has 328 valence electrons. The van der Waals surface area contributed by atoms with Crippen LogP contribution >= 0.6 is 0 Å². The number of aliphatic carboxylic acids is 1. The van der Waals surface area contributed by atoms with E-state index < -0.39 is 39.3 Å². The Morgan fingerprint density at radius 2 is 1.36 bits per heavy atom. The van der Waals surface area contributed by atoms with E-state index in [1.165, 1.54) is 11.1 Å². The summed E-state index contributed by atoms with van der Waals surface area (Å²) in [6.07, 6.45) is 16.5. The number of aryl methyl sites for hydroxylation is 2. The van der Waals surface area contributed by atoms with Crippen molar-refractivity contribution in [3.05, 3.63) is 121 Å². The third-order valence-corrected chi connectivity index (χ3v) is 11.3. The maximum atomic E-state index is 10.5. The van der Waals surface area contributed by atoms with Crippen LogP contribution < -0.4 is 0 Å². The minimum Gasteiger partial charge on any atom is -0.481 e. The van der Waals surface area contributed by atoms with E-state index in [9.17, 15) is 34.8 Å². The SMILES string of the molecule is C=C.CC(C)(C)[C@@H](/C=C/[C@@H]1[C@H]2CC(O)O[C@H]2C[C@H]1O)CCc1ccccc1.C[Si](C)=O.O=C(O)CCC/C=C\C[C@@H]1[C@@H](/C=C/[C@H](O)CCc2ccccc2)[C@H](O)C[C@@H]1O. The van der Waals surface area contributed by atoms with Crippen LogP contribution in [0.25, 0.3) is 0 Å². The van der Waals surface area contributed by atoms with Gasteiger partial charge in [-0.25, -0.2) is 0 Å². The van der Waals surface area contributed by atoms with Crippen LogP contribution in [0.5, 0.6) is 0 Å². The Kier molecular flexibility index (Phi) is 24.1. The smallest absolute Gasteiger partial charge is 0.303 e. The molecule has 1 aliphatic heterocycles. The Morgan fingerprint density at radius 3 is 1.92 bits per heavy atom. The fourth-order valence-electron chi connectivity index (χ4n) is 8.14. The standard InChI is InChI=1S/C23H32O5.C22H32O3.C2H6OSi.C2H4/c24-18(13-12-17-8-4-3-5-9-17)14-15-20-19(21(25)16-22(20)26)10-6-1-2-7-11-23(27)28;1-22(2,3)16(10-9-15-7-5-4-6-8-15)11-12-17-18-13-21(24)25-20(18)14-19(17)23;1-4(2)3;1-2/h1,3-6,8-9,14-15,18-22,24-26H,2,7,10-13,16H2,(H,27,28);4-8,11-12,16-21,23-24H,9-10,13-14H2,1-3H3;1-2H3;1-2H2/b6-1-,15-14+;12-11+;;/t18-,19-,20-,21+,22-;16-,17-,18-,19-,20+,21?;;/m11../s1. The molecule has 0 bridgehead atoms. The normalized spacial score (nSPS) is 27.3. The van der Waals surface area contributed by atoms with Crippen LogP contribution in [-0.2, 0) is 26.8 Å². The minimum atomic E-state index is -1.13. The van der Waals surface area contributed by atoms with E-state index in [2.05, 4.69) is 76.4 Å². The molecule has 1 heterocycles. The van der Waals surface area contributed by atoms with Crippen molar-refractivity contribution in [1.82, 2.24) is 0 Å². The van der Waals surface area contributed by atoms with Gasteiger partial charge in [-0.05, 0) is 92.3 Å². The second-order valence-electron chi connectivity index (χ2n) is 17.3. The zero-order valence-electron chi connectivity index (χ0n) is 36.2. The van der Waals surface area contributed by atoms with Crippen molar-refractivity contribution in [2.45, 2.75) is 141 Å². The molecule has 0 amide bonds. The summed E-state index contributed by atoms with van der Waals surface area (Å²) in [6, 6.07) is 20.6. The molecule has 11 atom stereocenters. The van der Waals surface area contributed by atoms with Gasteiger partial charge >= 0.3 is 5.97 Å². The van der Waals surface area contributed by atoms with Crippen LogP contribution in [0, 0.1) is 35.0 Å². The molecule has 9 nitrogen and oxygen atoms in total. The topological polar surface area (TPSA) is 165 Å². The fraction of sp³-hybridized carbons (Fsp3) is 0.571. The van der Waals surface area contributed by atoms with E-state index >= 15 is 0 Å². The number of aliphatic hydroxyl groups is 5. The molecule has 2 aliphatic carbocycles. The largest absolute Gasteiger partial charge is 0.481 e. The van der Waals surface area contributed by atoms with E-state index in [0.717, 1.165) is 19.3 Å². The molecule has 2 aromatic carbocycles. The number of unbranched alkanes of at least 4 members (excludes halogenated alkanes) is 1. The lowest BCUT2D eigenvalue weighted by atomic mass is 9.76. The number of carboxylic acid groups (broad SMARTS) is 1. The summed E-state index contributed by atoms with van der Waals surface area (Å²) in [7, 11) is -1.13. The first-order valence-electron chi connectivity index (χ1n) is 21.4. The van der Waals surface area contributed by atoms with Gasteiger partial charge in [0.05, 0.1) is 30.5 Å². The lowest BCUT2D eigenvalue weighted by Gasteiger charge is -2.29. The van der Waals surface area contributed by atoms with Crippen LogP contribution in [-0.4, -0.2) is 82.1 Å². The van der Waals surface area contributed by atoms with Crippen LogP contribution in [0.2, 0.25) is 13.1 Å². The number of aliphatic hydroxyl groups excluding tert-OH is 5. The lowest BCUT2D eigenvalue weighted by Crippen LogP contribution is -2.22. The molecule has 0 spiro atoms. The quantitative estimate of drug-likeness (QED) is 0.0553. The predicted molar refractivity (Wildman–Crippen MR) is 238 cm³/mol. The lowest BCUT2D eigenvalue weighted by molar-refractivity contribution is -0.137. The van der Waals surface area contributed by atoms with Crippen molar-refractivity contribution >= 4 is 14.7 Å². The van der Waals surface area contributed by atoms with Gasteiger partial charge in [-0.1, -0.05) is 118 Å². The van der Waals surface area contributed by atoms with Gasteiger partial charge in [0.15, 0.2) is 6.29 Å². The van der Waals surface area contributed by atoms with Crippen LogP contribution in [0.1, 0.15) is 89.7 Å². The highest BCUT2D eigenvalue weighted by Gasteiger charge is 2.47. The Bertz CT molecular complexity index is 1550. The first-order chi connectivity index (χ1) is 28.0. The summed E-state index contributed by atoms with van der Waals surface area (Å²) in [5.74, 6) is -0.280. The van der Waals surface area contributed by atoms with Crippen molar-refractivity contribution in [2.75, 3.05) is 0 Å². The number of fused-ring (bicyclic) bond motifs is 1. The first kappa shape index (κ1) is 51.8. The highest BCUT2D eigenvalue weighted by Crippen LogP contribution is 2.44. The molecule has 3 aliphatic rings. The number of rotatable bonds is 16. The summed E-state index contributed by atoms with van der Waals surface area (Å²) < 4.78 is 15.2. The summed E-state index contributed by atoms with van der Waals surface area (Å²) >= 11 is 0. The van der Waals surface area contributed by atoms with Crippen molar-refractivity contribution in [2.24, 2.45) is 35.0 Å². The fourth-order valence-corrected chi connectivity index (χ4v) is 8.14. The van der Waals surface area contributed by atoms with Crippen LogP contribution in [0.4, 0.5) is 0 Å². The van der Waals surface area contributed by atoms with Crippen molar-refractivity contribution in [3.63, 3.8) is 0 Å². The van der Waals surface area contributed by atoms with Crippen LogP contribution in [0.3, 0.4) is 0 Å². The van der Waals surface area contributed by atoms with Gasteiger partial charge in [-0.2, -0.15) is 0 Å². The van der Waals surface area contributed by atoms with Gasteiger partial charge in [0.1, 0.15) is 0 Å². The number of hydrogen-bond donors (Lipinski definition) is 6. The summed E-state index contributed by atoms with van der Waals surface area (Å²) in [4.78, 5) is 10.5. The Labute approximate surface area is 355 Å². The second kappa shape index (κ2) is 27.5. The van der Waals surface area contributed by atoms with E-state index in [1.807, 2.05) is 48.6 Å². The zero-order valence-corrected chi connectivity index (χ0v) is 37.2. The third kappa shape index (κ3) is 19.7. The van der Waals surface area contributed by atoms with Gasteiger partial charge in [0.2, 0.25) is 0 Å². The Hall–Kier alpha value is -3.35. The molecule has 6 N–H and O–H groups in total. The molecule has 1 saturated heterocycles. The molecule has 2 aromatic rings. The molecular formula is C49H74O9Si. The molecule has 10 heteroatoms. The maximum absolute atomic E-state index is 10.5. The molecule has 3 fully saturated rings. The molecule has 1 unspecified atom stereocenters. The number of carboxylic acids is 1. The molecular weight excluding hydrogens is 761 g/mol. The Balaban J connectivity index is 0.000000360. The summed E-state index contributed by atoms with van der Waals surface area (Å²) in [5.41, 5.74) is 2.73. The number of carbonyl (C=O) groups is 1. The first-order valence-corrected chi connectivity index (χ1v) is 23.8. The third-order valence-electron chi connectivity index (χ3n) is 11.3. The highest BCUT2D eigenvalue weighted by molar-refractivity contribution is 6.38. The summed E-state index contributed by atoms with van der Waals surface area (Å²) in [6.45, 7) is 16.3. The van der Waals surface area contributed by atoms with Crippen molar-refractivity contribution in [1.29, 1.82) is 0 Å². The van der Waals surface area contributed by atoms with Gasteiger partial charge in [-0.15, -0.1) is 13.2 Å². The predicted octanol–water partition coefficient (Wildman–Crippen LogP) is 8.51. The van der Waals surface area contributed by atoms with Gasteiger partial charge in [-0.3, -0.25) is 4.79 Å². The number of ether oxygens (including phenoxy) is 1. The second-order valence-corrected chi connectivity index (χ2v) is 19.1. The number of benzene rings is 2. The molecule has 0 radical (unpaired) electrons. The Morgan fingerprint density at radius 1 is 0.814 bits per heavy atom. The van der Waals surface area contributed by atoms with Gasteiger partial charge in [0.25, 0.3) is 8.68 Å². The zero-order chi connectivity index (χ0) is 44.0. The molecule has 0 aromatic heterocycles. The number of hydrogen-bond acceptors (Lipinski definition) is 8. The number of allylic oxidation sites excluding steroid dienone is 3. The molecule has 59 heavy (non-hydrogen) atoms. The van der Waals surface area contributed by atoms with E-state index in [4.69, 9.17) is 9.84 Å². The monoisotopic (exact) mass is 835 g/mol. The summed E-state index contributed by atoms with van der Waals surface area (Å²) in [5, 5.41) is 59.5. The molecule has 5 rings (SSSR count). The van der Waals surface area contributed by atoms with Crippen LogP contribution in [0.15, 0.2) is 110 Å².